The summed E-state index contributed by atoms with van der Waals surface area (Å²) in [5.74, 6) is -0.171. The number of hydrogen-bond acceptors (Lipinski definition) is 7. The zero-order chi connectivity index (χ0) is 23.6. The second-order valence-electron chi connectivity index (χ2n) is 10.0. The fourth-order valence-corrected chi connectivity index (χ4v) is 5.22. The van der Waals surface area contributed by atoms with Crippen molar-refractivity contribution < 1.29 is 19.1 Å². The molecule has 32 heavy (non-hydrogen) atoms. The number of hydrogen-bond donors (Lipinski definition) is 1. The van der Waals surface area contributed by atoms with Crippen LogP contribution in [0.3, 0.4) is 0 Å². The van der Waals surface area contributed by atoms with Gasteiger partial charge in [0.05, 0.1) is 12.6 Å². The standard InChI is InChI=1S/C24H38N4O4/c1-7-31-23(30)20-17(24(2,3)4)18(25)19(15-11-10-13-26-21(15)27(5)6)28(20)22(29)16-12-8-9-14-32-16/h10-11,13,16-20H,7-9,12,14,25H2,1-6H3/t16-,17+,18+,19+,20+/m1/s1. The van der Waals surface area contributed by atoms with Crippen molar-refractivity contribution in [1.29, 1.82) is 0 Å². The molecule has 0 saturated carbocycles. The van der Waals surface area contributed by atoms with Crippen molar-refractivity contribution in [2.24, 2.45) is 17.1 Å². The monoisotopic (exact) mass is 446 g/mol. The van der Waals surface area contributed by atoms with Crippen LogP contribution in [0, 0.1) is 11.3 Å². The van der Waals surface area contributed by atoms with Crippen molar-refractivity contribution in [3.63, 3.8) is 0 Å². The Labute approximate surface area is 191 Å². The predicted octanol–water partition coefficient (Wildman–Crippen LogP) is 2.52. The lowest BCUT2D eigenvalue weighted by Gasteiger charge is -2.36. The first-order valence-electron chi connectivity index (χ1n) is 11.6. The molecule has 5 atom stereocenters. The van der Waals surface area contributed by atoms with Gasteiger partial charge in [0.2, 0.25) is 0 Å². The van der Waals surface area contributed by atoms with E-state index < -0.39 is 30.2 Å². The first-order chi connectivity index (χ1) is 15.1. The van der Waals surface area contributed by atoms with Gasteiger partial charge in [0, 0.05) is 44.4 Å². The highest BCUT2D eigenvalue weighted by Crippen LogP contribution is 2.49. The molecule has 0 unspecified atom stereocenters. The predicted molar refractivity (Wildman–Crippen MR) is 123 cm³/mol. The molecule has 8 nitrogen and oxygen atoms in total. The Bertz CT molecular complexity index is 816. The van der Waals surface area contributed by atoms with Crippen LogP contribution in [-0.4, -0.2) is 67.3 Å². The van der Waals surface area contributed by atoms with Crippen LogP contribution in [0.2, 0.25) is 0 Å². The summed E-state index contributed by atoms with van der Waals surface area (Å²) in [5.41, 5.74) is 7.40. The van der Waals surface area contributed by atoms with Gasteiger partial charge in [0.1, 0.15) is 18.0 Å². The maximum absolute atomic E-state index is 13.9. The number of nitrogens with zero attached hydrogens (tertiary/aromatic N) is 3. The third-order valence-corrected chi connectivity index (χ3v) is 6.52. The van der Waals surface area contributed by atoms with Crippen LogP contribution in [0.1, 0.15) is 58.6 Å². The average Bonchev–Trinajstić information content (AvgIpc) is 3.07. The fraction of sp³-hybridized carbons (Fsp3) is 0.708. The Morgan fingerprint density at radius 1 is 1.31 bits per heavy atom. The van der Waals surface area contributed by atoms with Crippen LogP contribution in [0.25, 0.3) is 0 Å². The molecule has 2 aliphatic rings. The van der Waals surface area contributed by atoms with Gasteiger partial charge in [-0.2, -0.15) is 0 Å². The summed E-state index contributed by atoms with van der Waals surface area (Å²) in [4.78, 5) is 35.3. The van der Waals surface area contributed by atoms with Crippen LogP contribution in [0.15, 0.2) is 18.3 Å². The molecule has 2 fully saturated rings. The molecular weight excluding hydrogens is 408 g/mol. The van der Waals surface area contributed by atoms with Crippen molar-refractivity contribution in [3.8, 4) is 0 Å². The second-order valence-corrected chi connectivity index (χ2v) is 10.0. The first-order valence-corrected chi connectivity index (χ1v) is 11.6. The van der Waals surface area contributed by atoms with E-state index in [1.807, 2.05) is 31.1 Å². The Morgan fingerprint density at radius 3 is 2.59 bits per heavy atom. The highest BCUT2D eigenvalue weighted by Gasteiger charge is 2.58. The second kappa shape index (κ2) is 9.75. The minimum Gasteiger partial charge on any atom is -0.464 e. The highest BCUT2D eigenvalue weighted by molar-refractivity contribution is 5.89. The van der Waals surface area contributed by atoms with E-state index in [0.29, 0.717) is 13.0 Å². The molecule has 0 radical (unpaired) electrons. The topological polar surface area (TPSA) is 98.0 Å². The summed E-state index contributed by atoms with van der Waals surface area (Å²) in [6, 6.07) is 2.02. The zero-order valence-corrected chi connectivity index (χ0v) is 20.2. The van der Waals surface area contributed by atoms with Gasteiger partial charge in [-0.05, 0) is 37.7 Å². The summed E-state index contributed by atoms with van der Waals surface area (Å²) >= 11 is 0. The van der Waals surface area contributed by atoms with Crippen molar-refractivity contribution in [1.82, 2.24) is 9.88 Å². The number of amides is 1. The lowest BCUT2D eigenvalue weighted by molar-refractivity contribution is -0.162. The van der Waals surface area contributed by atoms with E-state index in [0.717, 1.165) is 24.2 Å². The van der Waals surface area contributed by atoms with E-state index in [1.54, 1.807) is 18.0 Å². The fourth-order valence-electron chi connectivity index (χ4n) is 5.22. The number of carbonyl (C=O) groups excluding carboxylic acids is 2. The van der Waals surface area contributed by atoms with E-state index in [4.69, 9.17) is 15.2 Å². The molecule has 1 aromatic heterocycles. The first kappa shape index (κ1) is 24.5. The average molecular weight is 447 g/mol. The molecule has 2 saturated heterocycles. The Morgan fingerprint density at radius 2 is 2.03 bits per heavy atom. The molecule has 8 heteroatoms. The third kappa shape index (κ3) is 4.62. The number of anilines is 1. The van der Waals surface area contributed by atoms with Crippen LogP contribution in [-0.2, 0) is 19.1 Å². The Kier molecular flexibility index (Phi) is 7.45. The number of pyridine rings is 1. The number of ether oxygens (including phenoxy) is 2. The summed E-state index contributed by atoms with van der Waals surface area (Å²) in [5, 5.41) is 0. The van der Waals surface area contributed by atoms with Crippen LogP contribution >= 0.6 is 0 Å². The summed E-state index contributed by atoms with van der Waals surface area (Å²) in [7, 11) is 3.82. The van der Waals surface area contributed by atoms with E-state index >= 15 is 0 Å². The maximum atomic E-state index is 13.9. The third-order valence-electron chi connectivity index (χ3n) is 6.52. The summed E-state index contributed by atoms with van der Waals surface area (Å²) in [6.45, 7) is 8.73. The number of nitrogens with two attached hydrogens (primary N) is 1. The van der Waals surface area contributed by atoms with E-state index in [-0.39, 0.29) is 23.8 Å². The SMILES string of the molecule is CCOC(=O)[C@@H]1[C@@H](C(C)(C)C)[C@H](N)[C@H](c2cccnc2N(C)C)N1C(=O)[C@H]1CCCCO1. The minimum absolute atomic E-state index is 0.191. The van der Waals surface area contributed by atoms with Gasteiger partial charge in [0.15, 0.2) is 0 Å². The van der Waals surface area contributed by atoms with Gasteiger partial charge in [-0.3, -0.25) is 4.79 Å². The van der Waals surface area contributed by atoms with Crippen molar-refractivity contribution in [2.45, 2.75) is 71.2 Å². The Hall–Kier alpha value is -2.19. The molecule has 3 heterocycles. The number of rotatable bonds is 5. The summed E-state index contributed by atoms with van der Waals surface area (Å²) < 4.78 is 11.3. The largest absolute Gasteiger partial charge is 0.464 e. The smallest absolute Gasteiger partial charge is 0.329 e. The lowest BCUT2D eigenvalue weighted by Crippen LogP contribution is -2.51. The molecule has 0 aliphatic carbocycles. The molecule has 1 amide bonds. The van der Waals surface area contributed by atoms with Gasteiger partial charge >= 0.3 is 5.97 Å². The molecule has 0 bridgehead atoms. The normalized spacial score (nSPS) is 28.5. The van der Waals surface area contributed by atoms with E-state index in [1.165, 1.54) is 0 Å². The maximum Gasteiger partial charge on any atom is 0.329 e. The molecule has 2 N–H and O–H groups in total. The number of aromatic nitrogens is 1. The lowest BCUT2D eigenvalue weighted by atomic mass is 9.73. The van der Waals surface area contributed by atoms with Gasteiger partial charge in [-0.15, -0.1) is 0 Å². The van der Waals surface area contributed by atoms with Crippen LogP contribution in [0.5, 0.6) is 0 Å². The molecule has 0 spiro atoms. The molecule has 0 aromatic carbocycles. The molecule has 3 rings (SSSR count). The summed E-state index contributed by atoms with van der Waals surface area (Å²) in [6.07, 6.45) is 3.64. The quantitative estimate of drug-likeness (QED) is 0.694. The van der Waals surface area contributed by atoms with E-state index in [2.05, 4.69) is 25.8 Å². The zero-order valence-electron chi connectivity index (χ0n) is 20.2. The van der Waals surface area contributed by atoms with Gasteiger partial charge in [-0.1, -0.05) is 26.8 Å². The van der Waals surface area contributed by atoms with Gasteiger partial charge in [-0.25, -0.2) is 9.78 Å². The minimum atomic E-state index is -0.789. The molecular formula is C24H38N4O4. The molecule has 1 aromatic rings. The van der Waals surface area contributed by atoms with Crippen molar-refractivity contribution in [3.05, 3.63) is 23.9 Å². The van der Waals surface area contributed by atoms with Crippen LogP contribution < -0.4 is 10.6 Å². The number of carbonyl (C=O) groups is 2. The number of likely N-dealkylation sites (tertiary alicyclic amines) is 1. The highest BCUT2D eigenvalue weighted by atomic mass is 16.5. The van der Waals surface area contributed by atoms with Crippen LogP contribution in [0.4, 0.5) is 5.82 Å². The molecule has 2 aliphatic heterocycles. The Balaban J connectivity index is 2.17. The number of esters is 1. The van der Waals surface area contributed by atoms with Crippen molar-refractivity contribution in [2.75, 3.05) is 32.2 Å². The van der Waals surface area contributed by atoms with Gasteiger partial charge in [0.25, 0.3) is 5.91 Å². The molecule has 178 valence electrons. The van der Waals surface area contributed by atoms with Gasteiger partial charge < -0.3 is 25.0 Å². The van der Waals surface area contributed by atoms with Crippen molar-refractivity contribution >= 4 is 17.7 Å². The van der Waals surface area contributed by atoms with E-state index in [9.17, 15) is 9.59 Å².